The topological polar surface area (TPSA) is 3.24 Å². The van der Waals surface area contributed by atoms with Gasteiger partial charge in [-0.2, -0.15) is 0 Å². The first kappa shape index (κ1) is 33.0. The lowest BCUT2D eigenvalue weighted by molar-refractivity contribution is 0.616. The number of rotatable bonds is 12. The highest BCUT2D eigenvalue weighted by Gasteiger charge is 2.40. The first-order chi connectivity index (χ1) is 22.0. The number of anilines is 1. The average molecular weight is 606 g/mol. The molecule has 0 aliphatic carbocycles. The molecule has 0 saturated carbocycles. The van der Waals surface area contributed by atoms with Gasteiger partial charge in [-0.15, -0.1) is 6.58 Å². The molecule has 5 rings (SSSR count). The van der Waals surface area contributed by atoms with Crippen LogP contribution in [0.4, 0.5) is 5.69 Å². The van der Waals surface area contributed by atoms with Gasteiger partial charge < -0.3 is 4.90 Å². The van der Waals surface area contributed by atoms with Crippen molar-refractivity contribution in [2.45, 2.75) is 78.1 Å². The molecule has 236 valence electrons. The predicted molar refractivity (Wildman–Crippen MR) is 204 cm³/mol. The van der Waals surface area contributed by atoms with Crippen LogP contribution in [0.1, 0.15) is 77.0 Å². The van der Waals surface area contributed by atoms with Crippen LogP contribution in [0.5, 0.6) is 0 Å². The van der Waals surface area contributed by atoms with E-state index >= 15 is 0 Å². The van der Waals surface area contributed by atoms with Crippen molar-refractivity contribution in [2.75, 3.05) is 11.4 Å². The van der Waals surface area contributed by atoms with Crippen molar-refractivity contribution in [1.29, 1.82) is 0 Å². The Morgan fingerprint density at radius 2 is 1.39 bits per heavy atom. The summed E-state index contributed by atoms with van der Waals surface area (Å²) in [6, 6.07) is 26.5. The number of benzene rings is 4. The first-order valence-corrected chi connectivity index (χ1v) is 16.9. The summed E-state index contributed by atoms with van der Waals surface area (Å²) in [5.74, 6) is 0. The van der Waals surface area contributed by atoms with Crippen molar-refractivity contribution in [1.82, 2.24) is 0 Å². The highest BCUT2D eigenvalue weighted by Crippen LogP contribution is 2.50. The van der Waals surface area contributed by atoms with Crippen LogP contribution >= 0.6 is 0 Å². The molecule has 0 radical (unpaired) electrons. The molecule has 1 heteroatoms. The van der Waals surface area contributed by atoms with Gasteiger partial charge >= 0.3 is 0 Å². The third-order valence-electron chi connectivity index (χ3n) is 9.80. The quantitative estimate of drug-likeness (QED) is 0.0882. The first-order valence-electron chi connectivity index (χ1n) is 16.9. The largest absolute Gasteiger partial charge is 0.344 e. The molecule has 0 spiro atoms. The van der Waals surface area contributed by atoms with Gasteiger partial charge in [0.05, 0.1) is 0 Å². The van der Waals surface area contributed by atoms with Crippen molar-refractivity contribution < 1.29 is 0 Å². The van der Waals surface area contributed by atoms with Gasteiger partial charge in [-0.25, -0.2) is 0 Å². The molecule has 0 N–H and O–H groups in total. The Bertz CT molecular complexity index is 1870. The molecule has 0 bridgehead atoms. The molecule has 1 heterocycles. The zero-order valence-corrected chi connectivity index (χ0v) is 28.9. The Morgan fingerprint density at radius 3 is 2.13 bits per heavy atom. The number of nitrogens with zero attached hydrogens (tertiary/aromatic N) is 1. The molecule has 4 aromatic rings. The van der Waals surface area contributed by atoms with Crippen LogP contribution < -0.4 is 4.90 Å². The standard InChI is InChI=1S/C45H51N/c1-33(2)21-13-12-20-32-46-40-31-30-37-24-17-19-26-39(37)43(40)45(7,8)41(46)27-15-11-9-10-14-22-35(4)44(5,6)42-34(3)28-29-36-23-16-18-25-38(36)42/h9-11,14-19,22-31H,1,4,12-13,20-21,32H2,2-3,5-8H3/b10-9+,15-11+,22-14+,41-27-. The van der Waals surface area contributed by atoms with Gasteiger partial charge in [0.2, 0.25) is 0 Å². The fourth-order valence-electron chi connectivity index (χ4n) is 7.24. The second kappa shape index (κ2) is 14.0. The number of fused-ring (bicyclic) bond motifs is 4. The van der Waals surface area contributed by atoms with Gasteiger partial charge in [0.1, 0.15) is 0 Å². The zero-order chi connectivity index (χ0) is 32.9. The molecule has 0 unspecified atom stereocenters. The fraction of sp³-hybridized carbons (Fsp3) is 0.289. The number of allylic oxidation sites excluding steroid dienone is 10. The van der Waals surface area contributed by atoms with E-state index in [-0.39, 0.29) is 10.8 Å². The van der Waals surface area contributed by atoms with Gasteiger partial charge in [0.25, 0.3) is 0 Å². The SMILES string of the molecule is C=C(C)CCCCCN1\C(=C/C=C/C=C/C=C/C(=C)C(C)(C)c2c(C)ccc3ccccc23)C(C)(C)c2c1ccc1ccccc21. The van der Waals surface area contributed by atoms with E-state index in [2.05, 4.69) is 175 Å². The van der Waals surface area contributed by atoms with E-state index < -0.39 is 0 Å². The summed E-state index contributed by atoms with van der Waals surface area (Å²) >= 11 is 0. The minimum absolute atomic E-state index is 0.0923. The molecular formula is C45H51N. The minimum Gasteiger partial charge on any atom is -0.344 e. The Kier molecular flexibility index (Phi) is 10.0. The van der Waals surface area contributed by atoms with E-state index in [1.54, 1.807) is 0 Å². The second-order valence-corrected chi connectivity index (χ2v) is 14.0. The number of unbranched alkanes of at least 4 members (excludes halogenated alkanes) is 2. The molecule has 0 atom stereocenters. The summed E-state index contributed by atoms with van der Waals surface area (Å²) in [6.45, 7) is 23.2. The van der Waals surface area contributed by atoms with Gasteiger partial charge in [0, 0.05) is 28.8 Å². The summed E-state index contributed by atoms with van der Waals surface area (Å²) in [4.78, 5) is 2.57. The van der Waals surface area contributed by atoms with E-state index in [9.17, 15) is 0 Å². The lowest BCUT2D eigenvalue weighted by atomic mass is 9.74. The minimum atomic E-state index is -0.184. The maximum absolute atomic E-state index is 4.49. The van der Waals surface area contributed by atoms with Crippen LogP contribution in [0.3, 0.4) is 0 Å². The smallest absolute Gasteiger partial charge is 0.0457 e. The van der Waals surface area contributed by atoms with E-state index in [1.807, 2.05) is 0 Å². The molecule has 0 saturated heterocycles. The summed E-state index contributed by atoms with van der Waals surface area (Å²) in [5.41, 5.74) is 8.90. The van der Waals surface area contributed by atoms with Crippen LogP contribution in [0.2, 0.25) is 0 Å². The molecule has 1 aliphatic heterocycles. The van der Waals surface area contributed by atoms with E-state index in [4.69, 9.17) is 0 Å². The van der Waals surface area contributed by atoms with Crippen molar-refractivity contribution in [2.24, 2.45) is 0 Å². The predicted octanol–water partition coefficient (Wildman–Crippen LogP) is 12.6. The van der Waals surface area contributed by atoms with E-state index in [0.29, 0.717) is 0 Å². The zero-order valence-electron chi connectivity index (χ0n) is 28.9. The van der Waals surface area contributed by atoms with E-state index in [0.717, 1.165) is 18.5 Å². The van der Waals surface area contributed by atoms with Crippen LogP contribution in [-0.2, 0) is 10.8 Å². The molecular weight excluding hydrogens is 555 g/mol. The summed E-state index contributed by atoms with van der Waals surface area (Å²) in [7, 11) is 0. The third-order valence-corrected chi connectivity index (χ3v) is 9.80. The van der Waals surface area contributed by atoms with Crippen LogP contribution in [0, 0.1) is 6.92 Å². The highest BCUT2D eigenvalue weighted by molar-refractivity contribution is 5.95. The van der Waals surface area contributed by atoms with Crippen LogP contribution in [0.25, 0.3) is 21.5 Å². The normalized spacial score (nSPS) is 15.7. The van der Waals surface area contributed by atoms with Gasteiger partial charge in [-0.3, -0.25) is 0 Å². The maximum Gasteiger partial charge on any atom is 0.0457 e. The van der Waals surface area contributed by atoms with Crippen LogP contribution in [0.15, 0.2) is 145 Å². The number of aryl methyl sites for hydroxylation is 1. The number of hydrogen-bond acceptors (Lipinski definition) is 1. The van der Waals surface area contributed by atoms with Crippen molar-refractivity contribution in [3.8, 4) is 0 Å². The second-order valence-electron chi connectivity index (χ2n) is 14.0. The third kappa shape index (κ3) is 6.75. The molecule has 0 amide bonds. The lowest BCUT2D eigenvalue weighted by Crippen LogP contribution is -2.27. The molecule has 0 aromatic heterocycles. The van der Waals surface area contributed by atoms with Crippen LogP contribution in [-0.4, -0.2) is 6.54 Å². The van der Waals surface area contributed by atoms with Gasteiger partial charge in [-0.1, -0.05) is 149 Å². The molecule has 4 aromatic carbocycles. The molecule has 0 fully saturated rings. The average Bonchev–Trinajstić information content (AvgIpc) is 3.25. The summed E-state index contributed by atoms with van der Waals surface area (Å²) in [5, 5.41) is 5.24. The van der Waals surface area contributed by atoms with Crippen molar-refractivity contribution in [3.63, 3.8) is 0 Å². The molecule has 46 heavy (non-hydrogen) atoms. The molecule has 1 aliphatic rings. The monoisotopic (exact) mass is 605 g/mol. The Balaban J connectivity index is 1.33. The van der Waals surface area contributed by atoms with Crippen molar-refractivity contribution in [3.05, 3.63) is 162 Å². The fourth-order valence-corrected chi connectivity index (χ4v) is 7.24. The summed E-state index contributed by atoms with van der Waals surface area (Å²) in [6.07, 6.45) is 19.9. The van der Waals surface area contributed by atoms with Gasteiger partial charge in [0.15, 0.2) is 0 Å². The van der Waals surface area contributed by atoms with Crippen molar-refractivity contribution >= 4 is 27.2 Å². The van der Waals surface area contributed by atoms with E-state index in [1.165, 1.54) is 74.5 Å². The summed E-state index contributed by atoms with van der Waals surface area (Å²) < 4.78 is 0. The van der Waals surface area contributed by atoms with Gasteiger partial charge in [-0.05, 0) is 89.1 Å². The lowest BCUT2D eigenvalue weighted by Gasteiger charge is -2.29. The highest BCUT2D eigenvalue weighted by atomic mass is 15.2. The molecule has 1 nitrogen and oxygen atoms in total. The Hall–Kier alpha value is -4.36. The maximum atomic E-state index is 4.49. The number of hydrogen-bond donors (Lipinski definition) is 0. The Morgan fingerprint density at radius 1 is 0.761 bits per heavy atom. The Labute approximate surface area is 278 Å².